The largest absolute Gasteiger partial charge is 0.435 e. The Kier molecular flexibility index (Phi) is 16.8. The second-order valence-corrected chi connectivity index (χ2v) is 15.0. The minimum Gasteiger partial charge on any atom is -0.398 e. The van der Waals surface area contributed by atoms with Crippen molar-refractivity contribution in [2.45, 2.75) is 63.7 Å². The van der Waals surface area contributed by atoms with Gasteiger partial charge in [0.1, 0.15) is 0 Å². The smallest absolute Gasteiger partial charge is 0.398 e. The third-order valence-corrected chi connectivity index (χ3v) is 10.2. The van der Waals surface area contributed by atoms with Gasteiger partial charge in [0, 0.05) is 48.3 Å². The number of alkyl halides is 14. The van der Waals surface area contributed by atoms with Gasteiger partial charge in [0.15, 0.2) is 0 Å². The van der Waals surface area contributed by atoms with E-state index in [2.05, 4.69) is 41.5 Å². The fourth-order valence-corrected chi connectivity index (χ4v) is 6.17. The molecular weight excluding hydrogens is 1030 g/mol. The van der Waals surface area contributed by atoms with Crippen LogP contribution in [0.2, 0.25) is 0 Å². The average molecular weight is 1060 g/mol. The number of carbonyl (C=O) groups excluding carboxylic acids is 2. The molecule has 4 aromatic carbocycles. The summed E-state index contributed by atoms with van der Waals surface area (Å²) in [5, 5.41) is 1.83. The number of nitrogens with zero attached hydrogens (tertiary/aromatic N) is 1. The van der Waals surface area contributed by atoms with E-state index in [1.807, 2.05) is 0 Å². The number of hydrogen-bond donors (Lipinski definition) is 3. The summed E-state index contributed by atoms with van der Waals surface area (Å²) < 4.78 is 196. The Labute approximate surface area is 361 Å². The molecule has 0 aliphatic rings. The molecule has 5 N–H and O–H groups in total. The van der Waals surface area contributed by atoms with Crippen LogP contribution in [0.1, 0.15) is 54.1 Å². The summed E-state index contributed by atoms with van der Waals surface area (Å²) in [6.07, 6.45) is -24.7. The molecule has 334 valence electrons. The fraction of sp³-hybridized carbons (Fsp3) is 0.278. The van der Waals surface area contributed by atoms with Gasteiger partial charge in [0.2, 0.25) is 11.5 Å². The number of rotatable bonds is 6. The van der Waals surface area contributed by atoms with Crippen molar-refractivity contribution >= 4 is 88.8 Å². The Morgan fingerprint density at radius 2 is 0.984 bits per heavy atom. The summed E-state index contributed by atoms with van der Waals surface area (Å²) in [6, 6.07) is 10.6. The van der Waals surface area contributed by atoms with E-state index < -0.39 is 58.3 Å². The Hall–Kier alpha value is -4.29. The normalized spacial score (nSPS) is 12.3. The number of nitrogens with one attached hydrogen (secondary N) is 1. The van der Waals surface area contributed by atoms with Crippen LogP contribution < -0.4 is 16.8 Å². The summed E-state index contributed by atoms with van der Waals surface area (Å²) in [7, 11) is 0. The highest BCUT2D eigenvalue weighted by Gasteiger charge is 2.74. The summed E-state index contributed by atoms with van der Waals surface area (Å²) in [6.45, 7) is 4.74. The number of hydrogen-bond acceptors (Lipinski definition) is 6. The lowest BCUT2D eigenvalue weighted by Gasteiger charge is -2.31. The molecule has 0 bridgehead atoms. The first-order valence-electron chi connectivity index (χ1n) is 16.1. The quantitative estimate of drug-likeness (QED) is 0.101. The second kappa shape index (κ2) is 19.4. The zero-order valence-electron chi connectivity index (χ0n) is 30.9. The third kappa shape index (κ3) is 11.8. The monoisotopic (exact) mass is 1050 g/mol. The topological polar surface area (TPSA) is 128 Å². The van der Waals surface area contributed by atoms with Gasteiger partial charge in [-0.2, -0.15) is 61.3 Å². The molecule has 0 radical (unpaired) electrons. The third-order valence-electron chi connectivity index (χ3n) is 8.29. The number of benzene rings is 4. The number of halogens is 17. The SMILES string of the molecule is Cc1cc(C(F)(C(F)(F)F)C(F)(F)F)cc(C)c1N.Cc1cc(C(F)(C(F)(F)F)C(F)(F)F)cc(C)c1NC(=O)c1ccc(Br)c(N)c1.O=S=Nc1cc(C(=O)Cl)ccc1Br. The highest BCUT2D eigenvalue weighted by molar-refractivity contribution is 9.11. The van der Waals surface area contributed by atoms with Crippen molar-refractivity contribution in [1.29, 1.82) is 0 Å². The molecule has 4 rings (SSSR count). The predicted molar refractivity (Wildman–Crippen MR) is 207 cm³/mol. The molecule has 0 aliphatic carbocycles. The van der Waals surface area contributed by atoms with E-state index in [0.717, 1.165) is 13.8 Å². The van der Waals surface area contributed by atoms with Crippen LogP contribution in [0.4, 0.5) is 84.2 Å². The van der Waals surface area contributed by atoms with Crippen molar-refractivity contribution in [2.75, 3.05) is 16.8 Å². The summed E-state index contributed by atoms with van der Waals surface area (Å²) >= 11 is 11.7. The number of carbonyl (C=O) groups is 2. The lowest BCUT2D eigenvalue weighted by molar-refractivity contribution is -0.349. The van der Waals surface area contributed by atoms with E-state index in [1.165, 1.54) is 38.1 Å². The molecule has 4 aromatic rings. The molecule has 0 aromatic heterocycles. The molecule has 0 saturated heterocycles. The molecule has 0 unspecified atom stereocenters. The Morgan fingerprint density at radius 3 is 1.34 bits per heavy atom. The number of aryl methyl sites for hydroxylation is 4. The molecule has 0 atom stereocenters. The van der Waals surface area contributed by atoms with Crippen LogP contribution >= 0.6 is 43.5 Å². The highest BCUT2D eigenvalue weighted by Crippen LogP contribution is 2.55. The van der Waals surface area contributed by atoms with Crippen molar-refractivity contribution in [1.82, 2.24) is 0 Å². The van der Waals surface area contributed by atoms with E-state index in [-0.39, 0.29) is 56.3 Å². The van der Waals surface area contributed by atoms with Crippen molar-refractivity contribution < 1.29 is 75.3 Å². The Bertz CT molecular complexity index is 2280. The molecule has 0 aliphatic heterocycles. The van der Waals surface area contributed by atoms with Crippen LogP contribution in [0.3, 0.4) is 0 Å². The molecule has 25 heteroatoms. The van der Waals surface area contributed by atoms with Crippen molar-refractivity contribution in [3.8, 4) is 0 Å². The number of amides is 1. The number of anilines is 3. The van der Waals surface area contributed by atoms with Gasteiger partial charge in [0.25, 0.3) is 11.1 Å². The van der Waals surface area contributed by atoms with Crippen LogP contribution in [-0.4, -0.2) is 40.1 Å². The average Bonchev–Trinajstić information content (AvgIpc) is 3.11. The maximum absolute atomic E-state index is 14.3. The van der Waals surface area contributed by atoms with E-state index >= 15 is 0 Å². The fourth-order valence-electron chi connectivity index (χ4n) is 5.12. The molecule has 1 amide bonds. The second-order valence-electron chi connectivity index (χ2n) is 12.6. The minimum atomic E-state index is -6.22. The van der Waals surface area contributed by atoms with Gasteiger partial charge in [-0.1, -0.05) is 24.3 Å². The number of nitrogens with two attached hydrogens (primary N) is 2. The molecule has 61 heavy (non-hydrogen) atoms. The summed E-state index contributed by atoms with van der Waals surface area (Å²) in [5.41, 5.74) is -2.35. The summed E-state index contributed by atoms with van der Waals surface area (Å²) in [4.78, 5) is 23.1. The molecular formula is C36H27Br2ClF14N4O3S. The molecule has 0 heterocycles. The lowest BCUT2D eigenvalue weighted by atomic mass is 9.90. The van der Waals surface area contributed by atoms with Gasteiger partial charge in [0.05, 0.1) is 5.69 Å². The molecule has 0 spiro atoms. The van der Waals surface area contributed by atoms with Crippen LogP contribution in [0.15, 0.2) is 74.0 Å². The molecule has 0 fully saturated rings. The maximum atomic E-state index is 14.3. The summed E-state index contributed by atoms with van der Waals surface area (Å²) in [5.74, 6) is -0.693. The first-order chi connectivity index (χ1) is 27.6. The van der Waals surface area contributed by atoms with Crippen molar-refractivity contribution in [3.05, 3.63) is 114 Å². The van der Waals surface area contributed by atoms with Gasteiger partial charge < -0.3 is 16.8 Å². The molecule has 0 saturated carbocycles. The van der Waals surface area contributed by atoms with Gasteiger partial charge in [-0.15, -0.1) is 0 Å². The van der Waals surface area contributed by atoms with E-state index in [0.29, 0.717) is 44.5 Å². The van der Waals surface area contributed by atoms with Crippen molar-refractivity contribution in [2.24, 2.45) is 4.36 Å². The zero-order valence-corrected chi connectivity index (χ0v) is 35.7. The van der Waals surface area contributed by atoms with Crippen LogP contribution in [0.5, 0.6) is 0 Å². The Morgan fingerprint density at radius 1 is 0.607 bits per heavy atom. The first-order valence-corrected chi connectivity index (χ1v) is 18.7. The van der Waals surface area contributed by atoms with Crippen LogP contribution in [0.25, 0.3) is 0 Å². The van der Waals surface area contributed by atoms with Crippen LogP contribution in [0, 0.1) is 27.7 Å². The van der Waals surface area contributed by atoms with E-state index in [9.17, 15) is 75.3 Å². The predicted octanol–water partition coefficient (Wildman–Crippen LogP) is 13.2. The standard InChI is InChI=1S/C18H14BrF7N2O.C11H10F7N.C7H3BrClNO2S/c1-8-5-11(16(20,17(21,22)23)18(24,25)26)6-9(2)14(8)28-15(29)10-3-4-12(19)13(27)7-10;1-5-3-7(4-6(2)8(5)19)9(12,10(13,14)15)11(16,17)18;8-5-2-1-4(7(9)11)3-6(5)10-13-12/h3-7H,27H2,1-2H3,(H,28,29);3-4H,19H2,1-2H3;1-3H. The first kappa shape index (κ1) is 52.8. The maximum Gasteiger partial charge on any atom is 0.435 e. The zero-order chi connectivity index (χ0) is 47.4. The lowest BCUT2D eigenvalue weighted by Crippen LogP contribution is -2.50. The highest BCUT2D eigenvalue weighted by atomic mass is 79.9. The Balaban J connectivity index is 0.000000343. The molecule has 7 nitrogen and oxygen atoms in total. The van der Waals surface area contributed by atoms with Gasteiger partial charge in [-0.25, -0.2) is 8.78 Å². The van der Waals surface area contributed by atoms with Gasteiger partial charge >= 0.3 is 36.0 Å². The minimum absolute atomic E-state index is 0.0236. The van der Waals surface area contributed by atoms with E-state index in [4.69, 9.17) is 23.1 Å². The van der Waals surface area contributed by atoms with Gasteiger partial charge in [-0.05, 0) is 130 Å². The van der Waals surface area contributed by atoms with E-state index in [1.54, 1.807) is 12.1 Å². The van der Waals surface area contributed by atoms with Gasteiger partial charge in [-0.3, -0.25) is 9.59 Å². The van der Waals surface area contributed by atoms with Crippen LogP contribution in [-0.2, 0) is 22.8 Å². The number of nitrogen functional groups attached to an aromatic ring is 2. The van der Waals surface area contributed by atoms with Crippen molar-refractivity contribution in [3.63, 3.8) is 0 Å².